The van der Waals surface area contributed by atoms with E-state index in [2.05, 4.69) is 9.46 Å². The molecule has 0 heterocycles. The smallest absolute Gasteiger partial charge is 0.322 e. The molecule has 0 aliphatic rings. The molecule has 0 bridgehead atoms. The van der Waals surface area contributed by atoms with Crippen LogP contribution in [-0.4, -0.2) is 45.2 Å². The van der Waals surface area contributed by atoms with E-state index in [1.54, 1.807) is 13.8 Å². The first-order valence-corrected chi connectivity index (χ1v) is 8.70. The molecule has 134 valence electrons. The van der Waals surface area contributed by atoms with Crippen molar-refractivity contribution in [1.82, 2.24) is 4.72 Å². The minimum atomic E-state index is -3.96. The van der Waals surface area contributed by atoms with Gasteiger partial charge in [-0.1, -0.05) is 13.8 Å². The molecule has 9 heteroatoms. The summed E-state index contributed by atoms with van der Waals surface area (Å²) in [5.41, 5.74) is 0. The van der Waals surface area contributed by atoms with Crippen molar-refractivity contribution >= 4 is 22.0 Å². The monoisotopic (exact) mass is 359 g/mol. The van der Waals surface area contributed by atoms with Crippen molar-refractivity contribution in [2.45, 2.75) is 31.2 Å². The summed E-state index contributed by atoms with van der Waals surface area (Å²) in [6.07, 6.45) is 0.0762. The zero-order chi connectivity index (χ0) is 18.3. The van der Waals surface area contributed by atoms with E-state index in [1.165, 1.54) is 31.4 Å². The molecule has 0 spiro atoms. The molecule has 8 nitrogen and oxygen atoms in total. The predicted molar refractivity (Wildman–Crippen MR) is 85.2 cm³/mol. The third-order valence-corrected chi connectivity index (χ3v) is 4.61. The number of hydrogen-bond donors (Lipinski definition) is 2. The maximum Gasteiger partial charge on any atom is 0.322 e. The molecule has 24 heavy (non-hydrogen) atoms. The molecule has 0 fully saturated rings. The average molecular weight is 359 g/mol. The Morgan fingerprint density at radius 2 is 1.79 bits per heavy atom. The van der Waals surface area contributed by atoms with Crippen LogP contribution in [0.2, 0.25) is 0 Å². The quantitative estimate of drug-likeness (QED) is 0.632. The number of methoxy groups -OCH3 is 1. The number of esters is 1. The largest absolute Gasteiger partial charge is 0.493 e. The number of carbonyl (C=O) groups is 2. The van der Waals surface area contributed by atoms with Crippen molar-refractivity contribution in [1.29, 1.82) is 0 Å². The van der Waals surface area contributed by atoms with Crippen molar-refractivity contribution in [2.24, 2.45) is 5.92 Å². The van der Waals surface area contributed by atoms with E-state index < -0.39 is 33.9 Å². The lowest BCUT2D eigenvalue weighted by Crippen LogP contribution is -2.44. The van der Waals surface area contributed by atoms with Crippen LogP contribution in [0, 0.1) is 5.92 Å². The standard InChI is InChI=1S/C15H21NO7S/c1-10(2)14(15(18)19)16-24(20,21)12-6-4-11(5-7-12)23-9-8-13(17)22-3/h4-7,10,14,16H,8-9H2,1-3H3,(H,18,19)/t14-/m0/s1. The van der Waals surface area contributed by atoms with Gasteiger partial charge in [-0.15, -0.1) is 0 Å². The maximum absolute atomic E-state index is 12.2. The molecule has 0 aliphatic carbocycles. The number of aliphatic carboxylic acids is 1. The van der Waals surface area contributed by atoms with Crippen LogP contribution >= 0.6 is 0 Å². The number of rotatable bonds is 9. The van der Waals surface area contributed by atoms with E-state index in [0.29, 0.717) is 5.75 Å². The Morgan fingerprint density at radius 3 is 2.25 bits per heavy atom. The maximum atomic E-state index is 12.2. The van der Waals surface area contributed by atoms with E-state index in [9.17, 15) is 18.0 Å². The summed E-state index contributed by atoms with van der Waals surface area (Å²) in [6, 6.07) is 4.24. The van der Waals surface area contributed by atoms with Gasteiger partial charge in [-0.2, -0.15) is 4.72 Å². The fraction of sp³-hybridized carbons (Fsp3) is 0.467. The summed E-state index contributed by atoms with van der Waals surface area (Å²) in [7, 11) is -2.69. The number of carbonyl (C=O) groups excluding carboxylic acids is 1. The fourth-order valence-corrected chi connectivity index (χ4v) is 3.11. The number of nitrogens with one attached hydrogen (secondary N) is 1. The second-order valence-corrected chi connectivity index (χ2v) is 7.04. The summed E-state index contributed by atoms with van der Waals surface area (Å²) in [5, 5.41) is 9.08. The van der Waals surface area contributed by atoms with Gasteiger partial charge < -0.3 is 14.6 Å². The number of sulfonamides is 1. The van der Waals surface area contributed by atoms with Crippen LogP contribution in [0.25, 0.3) is 0 Å². The minimum Gasteiger partial charge on any atom is -0.493 e. The van der Waals surface area contributed by atoms with Crippen molar-refractivity contribution < 1.29 is 32.6 Å². The molecule has 1 aromatic rings. The molecule has 0 saturated heterocycles. The van der Waals surface area contributed by atoms with Crippen LogP contribution in [0.3, 0.4) is 0 Å². The van der Waals surface area contributed by atoms with Crippen LogP contribution < -0.4 is 9.46 Å². The SMILES string of the molecule is COC(=O)CCOc1ccc(S(=O)(=O)N[C@H](C(=O)O)C(C)C)cc1. The highest BCUT2D eigenvalue weighted by Gasteiger charge is 2.27. The Hall–Kier alpha value is -2.13. The number of ether oxygens (including phenoxy) is 2. The van der Waals surface area contributed by atoms with Crippen LogP contribution in [0.4, 0.5) is 0 Å². The van der Waals surface area contributed by atoms with Gasteiger partial charge in [0.05, 0.1) is 25.0 Å². The van der Waals surface area contributed by atoms with Crippen molar-refractivity contribution in [3.05, 3.63) is 24.3 Å². The lowest BCUT2D eigenvalue weighted by Gasteiger charge is -2.18. The van der Waals surface area contributed by atoms with E-state index in [1.807, 2.05) is 0 Å². The van der Waals surface area contributed by atoms with E-state index in [-0.39, 0.29) is 17.9 Å². The van der Waals surface area contributed by atoms with Gasteiger partial charge in [0.2, 0.25) is 10.0 Å². The first-order valence-electron chi connectivity index (χ1n) is 7.22. The Morgan fingerprint density at radius 1 is 1.21 bits per heavy atom. The Labute approximate surface area is 140 Å². The molecule has 1 rings (SSSR count). The predicted octanol–water partition coefficient (Wildman–Crippen LogP) is 1.02. The summed E-state index contributed by atoms with van der Waals surface area (Å²) in [4.78, 5) is 22.0. The molecule has 0 unspecified atom stereocenters. The van der Waals surface area contributed by atoms with Crippen molar-refractivity contribution in [3.8, 4) is 5.75 Å². The van der Waals surface area contributed by atoms with Gasteiger partial charge >= 0.3 is 11.9 Å². The molecule has 2 N–H and O–H groups in total. The lowest BCUT2D eigenvalue weighted by atomic mass is 10.1. The Bertz CT molecular complexity index is 668. The zero-order valence-corrected chi connectivity index (χ0v) is 14.5. The fourth-order valence-electron chi connectivity index (χ4n) is 1.78. The van der Waals surface area contributed by atoms with Gasteiger partial charge in [0, 0.05) is 0 Å². The van der Waals surface area contributed by atoms with Crippen LogP contribution in [0.15, 0.2) is 29.2 Å². The first kappa shape index (κ1) is 19.9. The number of hydrogen-bond acceptors (Lipinski definition) is 6. The Kier molecular flexibility index (Phi) is 7.18. The van der Waals surface area contributed by atoms with Gasteiger partial charge in [0.1, 0.15) is 11.8 Å². The van der Waals surface area contributed by atoms with Crippen LogP contribution in [0.1, 0.15) is 20.3 Å². The minimum absolute atomic E-state index is 0.0743. The highest BCUT2D eigenvalue weighted by molar-refractivity contribution is 7.89. The summed E-state index contributed by atoms with van der Waals surface area (Å²) >= 11 is 0. The zero-order valence-electron chi connectivity index (χ0n) is 13.7. The molecule has 1 aromatic carbocycles. The van der Waals surface area contributed by atoms with Crippen LogP contribution in [0.5, 0.6) is 5.75 Å². The van der Waals surface area contributed by atoms with Gasteiger partial charge in [-0.05, 0) is 30.2 Å². The second-order valence-electron chi connectivity index (χ2n) is 5.33. The number of carboxylic acids is 1. The van der Waals surface area contributed by atoms with Crippen molar-refractivity contribution in [2.75, 3.05) is 13.7 Å². The average Bonchev–Trinajstić information content (AvgIpc) is 2.52. The molecule has 0 aromatic heterocycles. The van der Waals surface area contributed by atoms with E-state index in [0.717, 1.165) is 0 Å². The van der Waals surface area contributed by atoms with E-state index in [4.69, 9.17) is 9.84 Å². The molecule has 0 aliphatic heterocycles. The first-order chi connectivity index (χ1) is 11.2. The Balaban J connectivity index is 2.76. The van der Waals surface area contributed by atoms with E-state index >= 15 is 0 Å². The van der Waals surface area contributed by atoms with Gasteiger partial charge in [-0.3, -0.25) is 9.59 Å². The molecule has 1 atom stereocenters. The van der Waals surface area contributed by atoms with Gasteiger partial charge in [0.25, 0.3) is 0 Å². The second kappa shape index (κ2) is 8.65. The molecule has 0 saturated carbocycles. The number of benzene rings is 1. The molecular weight excluding hydrogens is 338 g/mol. The van der Waals surface area contributed by atoms with Gasteiger partial charge in [-0.25, -0.2) is 8.42 Å². The summed E-state index contributed by atoms with van der Waals surface area (Å²) < 4.78 is 36.4. The molecule has 0 radical (unpaired) electrons. The molecular formula is C15H21NO7S. The third-order valence-electron chi connectivity index (χ3n) is 3.15. The third kappa shape index (κ3) is 5.82. The topological polar surface area (TPSA) is 119 Å². The molecule has 0 amide bonds. The van der Waals surface area contributed by atoms with Crippen LogP contribution in [-0.2, 0) is 24.3 Å². The summed E-state index contributed by atoms with van der Waals surface area (Å²) in [6.45, 7) is 3.32. The lowest BCUT2D eigenvalue weighted by molar-refractivity contribution is -0.141. The highest BCUT2D eigenvalue weighted by atomic mass is 32.2. The van der Waals surface area contributed by atoms with Crippen molar-refractivity contribution in [3.63, 3.8) is 0 Å². The summed E-state index contributed by atoms with van der Waals surface area (Å²) in [5.74, 6) is -1.67. The highest BCUT2D eigenvalue weighted by Crippen LogP contribution is 2.17. The number of carboxylic acid groups (broad SMARTS) is 1. The van der Waals surface area contributed by atoms with Gasteiger partial charge in [0.15, 0.2) is 0 Å². The normalized spacial score (nSPS) is 12.7.